The summed E-state index contributed by atoms with van der Waals surface area (Å²) < 4.78 is 11.3. The summed E-state index contributed by atoms with van der Waals surface area (Å²) in [6.45, 7) is 3.71. The van der Waals surface area contributed by atoms with Gasteiger partial charge in [-0.2, -0.15) is 11.8 Å². The zero-order chi connectivity index (χ0) is 50.6. The van der Waals surface area contributed by atoms with Gasteiger partial charge < -0.3 is 47.1 Å². The van der Waals surface area contributed by atoms with Crippen LogP contribution in [0.15, 0.2) is 0 Å². The van der Waals surface area contributed by atoms with Gasteiger partial charge in [0.15, 0.2) is 0 Å². The van der Waals surface area contributed by atoms with Crippen molar-refractivity contribution in [1.29, 1.82) is 0 Å². The first-order valence-electron chi connectivity index (χ1n) is 26.0. The van der Waals surface area contributed by atoms with E-state index in [1.807, 2.05) is 0 Å². The number of hydrogen-bond acceptors (Lipinski definition) is 12. The first-order valence-corrected chi connectivity index (χ1v) is 27.1. The molecule has 0 bridgehead atoms. The van der Waals surface area contributed by atoms with Gasteiger partial charge in [0.2, 0.25) is 23.6 Å². The second-order valence-electron chi connectivity index (χ2n) is 18.1. The molecule has 0 unspecified atom stereocenters. The first kappa shape index (κ1) is 64.1. The Morgan fingerprint density at radius 2 is 0.971 bits per heavy atom. The molecular weight excluding hydrogens is 895 g/mol. The monoisotopic (exact) mass is 986 g/mol. The predicted molar refractivity (Wildman–Crippen MR) is 267 cm³/mol. The summed E-state index contributed by atoms with van der Waals surface area (Å²) in [4.78, 5) is 97.9. The van der Waals surface area contributed by atoms with E-state index in [0.29, 0.717) is 6.42 Å². The van der Waals surface area contributed by atoms with Crippen molar-refractivity contribution in [2.24, 2.45) is 11.5 Å². The van der Waals surface area contributed by atoms with E-state index in [-0.39, 0.29) is 55.7 Å². The molecule has 0 rings (SSSR count). The molecule has 68 heavy (non-hydrogen) atoms. The van der Waals surface area contributed by atoms with Crippen LogP contribution < -0.4 is 27.4 Å². The van der Waals surface area contributed by atoms with Gasteiger partial charge in [0, 0.05) is 37.2 Å². The molecule has 4 atom stereocenters. The molecule has 0 aromatic carbocycles. The Morgan fingerprint density at radius 3 is 1.41 bits per heavy atom. The lowest BCUT2D eigenvalue weighted by Gasteiger charge is -2.21. The number of rotatable bonds is 48. The molecule has 4 amide bonds. The van der Waals surface area contributed by atoms with Gasteiger partial charge in [0.1, 0.15) is 24.8 Å². The van der Waals surface area contributed by atoms with Gasteiger partial charge in [0.05, 0.1) is 12.6 Å². The van der Waals surface area contributed by atoms with Crippen molar-refractivity contribution in [3.05, 3.63) is 0 Å². The predicted octanol–water partition coefficient (Wildman–Crippen LogP) is 7.77. The van der Waals surface area contributed by atoms with E-state index in [1.54, 1.807) is 0 Å². The Balaban J connectivity index is 5.00. The second kappa shape index (κ2) is 44.3. The molecule has 0 aromatic rings. The van der Waals surface area contributed by atoms with Crippen LogP contribution in [0.1, 0.15) is 219 Å². The van der Waals surface area contributed by atoms with E-state index in [9.17, 15) is 43.5 Å². The maximum atomic E-state index is 12.9. The summed E-state index contributed by atoms with van der Waals surface area (Å²) >= 11 is 1.21. The number of carbonyl (C=O) groups is 8. The van der Waals surface area contributed by atoms with E-state index in [1.165, 1.54) is 127 Å². The number of primary amides is 1. The van der Waals surface area contributed by atoms with Crippen LogP contribution in [0.3, 0.4) is 0 Å². The lowest BCUT2D eigenvalue weighted by Crippen LogP contribution is -2.54. The minimum Gasteiger partial charge on any atom is -0.481 e. The molecule has 0 aliphatic heterocycles. The van der Waals surface area contributed by atoms with Gasteiger partial charge in [0.25, 0.3) is 0 Å². The van der Waals surface area contributed by atoms with Crippen LogP contribution >= 0.6 is 11.8 Å². The zero-order valence-corrected chi connectivity index (χ0v) is 42.6. The lowest BCUT2D eigenvalue weighted by atomic mass is 10.0. The quantitative estimate of drug-likeness (QED) is 0.0227. The molecule has 9 N–H and O–H groups in total. The largest absolute Gasteiger partial charge is 0.481 e. The third kappa shape index (κ3) is 40.0. The van der Waals surface area contributed by atoms with Crippen molar-refractivity contribution < 1.29 is 58.0 Å². The van der Waals surface area contributed by atoms with Crippen molar-refractivity contribution >= 4 is 59.3 Å². The number of carboxylic acid groups (broad SMARTS) is 2. The molecule has 0 aliphatic carbocycles. The highest BCUT2D eigenvalue weighted by Gasteiger charge is 2.28. The first-order chi connectivity index (χ1) is 32.7. The van der Waals surface area contributed by atoms with Crippen molar-refractivity contribution in [1.82, 2.24) is 16.0 Å². The van der Waals surface area contributed by atoms with Crippen LogP contribution in [0, 0.1) is 0 Å². The van der Waals surface area contributed by atoms with E-state index in [0.717, 1.165) is 44.9 Å². The Morgan fingerprint density at radius 1 is 0.529 bits per heavy atom. The maximum Gasteiger partial charge on any atom is 0.326 e. The third-order valence-electron chi connectivity index (χ3n) is 11.7. The number of unbranched alkanes of at least 4 members (excludes halogenated alkanes) is 24. The Hall–Kier alpha value is -3.93. The fourth-order valence-corrected chi connectivity index (χ4v) is 8.46. The van der Waals surface area contributed by atoms with Crippen molar-refractivity contribution in [3.63, 3.8) is 0 Å². The van der Waals surface area contributed by atoms with Crippen LogP contribution in [-0.4, -0.2) is 107 Å². The van der Waals surface area contributed by atoms with Gasteiger partial charge in [-0.1, -0.05) is 168 Å². The van der Waals surface area contributed by atoms with Crippen molar-refractivity contribution in [3.8, 4) is 0 Å². The Labute approximate surface area is 411 Å². The van der Waals surface area contributed by atoms with E-state index < -0.39 is 79.2 Å². The van der Waals surface area contributed by atoms with Gasteiger partial charge in [-0.25, -0.2) is 4.79 Å². The molecule has 394 valence electrons. The second-order valence-corrected chi connectivity index (χ2v) is 19.2. The van der Waals surface area contributed by atoms with Crippen molar-refractivity contribution in [2.75, 3.05) is 24.7 Å². The summed E-state index contributed by atoms with van der Waals surface area (Å²) in [5.74, 6) is -6.59. The molecule has 18 heteroatoms. The molecule has 0 spiro atoms. The van der Waals surface area contributed by atoms with E-state index in [4.69, 9.17) is 26.0 Å². The minimum absolute atomic E-state index is 0.0594. The average Bonchev–Trinajstić information content (AvgIpc) is 3.29. The molecule has 0 saturated heterocycles. The molecular formula is C50H91N5O12S. The molecule has 0 fully saturated rings. The number of hydrogen-bond donors (Lipinski definition) is 7. The lowest BCUT2D eigenvalue weighted by molar-refractivity contribution is -0.157. The van der Waals surface area contributed by atoms with Crippen LogP contribution in [0.4, 0.5) is 0 Å². The molecule has 0 radical (unpaired) electrons. The molecule has 17 nitrogen and oxygen atoms in total. The maximum absolute atomic E-state index is 12.9. The number of esters is 2. The summed E-state index contributed by atoms with van der Waals surface area (Å²) in [5.41, 5.74) is 11.3. The summed E-state index contributed by atoms with van der Waals surface area (Å²) in [5, 5.41) is 25.2. The summed E-state index contributed by atoms with van der Waals surface area (Å²) in [6.07, 6.45) is 29.1. The highest BCUT2D eigenvalue weighted by molar-refractivity contribution is 7.99. The number of nitrogens with one attached hydrogen (secondary N) is 3. The normalized spacial score (nSPS) is 12.9. The molecule has 0 aromatic heterocycles. The molecule has 0 heterocycles. The number of thioether (sulfide) groups is 1. The van der Waals surface area contributed by atoms with E-state index in [2.05, 4.69) is 29.8 Å². The number of carbonyl (C=O) groups excluding carboxylic acids is 6. The van der Waals surface area contributed by atoms with Crippen LogP contribution in [0.2, 0.25) is 0 Å². The topological polar surface area (TPSA) is 284 Å². The highest BCUT2D eigenvalue weighted by Crippen LogP contribution is 2.16. The van der Waals surface area contributed by atoms with Crippen molar-refractivity contribution in [2.45, 2.75) is 244 Å². The van der Waals surface area contributed by atoms with Gasteiger partial charge in [-0.05, 0) is 25.7 Å². The average molecular weight is 986 g/mol. The SMILES string of the molecule is CCCCCCCCCCCCCCCC(=O)OC[C@H](CSC[C@H](N)C(=O)NCC(=O)N[C@@H](CCC(N)=O)C(=O)N[C@@H](CCC(=O)O)C(=O)O)OC(=O)CCCCCCCCCCCCCCC. The Bertz CT molecular complexity index is 1410. The van der Waals surface area contributed by atoms with Gasteiger partial charge in [-0.15, -0.1) is 0 Å². The van der Waals surface area contributed by atoms with Gasteiger partial charge >= 0.3 is 23.9 Å². The number of nitrogens with two attached hydrogens (primary N) is 2. The molecule has 0 saturated carbocycles. The van der Waals surface area contributed by atoms with Crippen LogP contribution in [-0.2, 0) is 47.8 Å². The van der Waals surface area contributed by atoms with Crippen LogP contribution in [0.5, 0.6) is 0 Å². The minimum atomic E-state index is -1.57. The summed E-state index contributed by atoms with van der Waals surface area (Å²) in [7, 11) is 0. The molecule has 0 aliphatic rings. The van der Waals surface area contributed by atoms with Gasteiger partial charge in [-0.3, -0.25) is 33.6 Å². The standard InChI is InChI=1S/C50H91N5O12S/c1-3-5-7-9-11-13-15-17-19-21-23-25-27-29-46(60)66-36-39(67-47(61)30-28-26-24-22-20-18-16-14-12-10-8-6-4-2)37-68-38-40(51)48(62)53-35-44(57)54-41(31-33-43(52)56)49(63)55-42(50(64)65)32-34-45(58)59/h39-42H,3-38,51H2,1-2H3,(H2,52,56)(H,53,62)(H,54,57)(H,55,63)(H,58,59)(H,64,65)/t39-,40+,41+,42+/m1/s1. The fourth-order valence-electron chi connectivity index (χ4n) is 7.49. The fraction of sp³-hybridized carbons (Fsp3) is 0.840. The number of amides is 4. The smallest absolute Gasteiger partial charge is 0.326 e. The number of aliphatic carboxylic acids is 2. The third-order valence-corrected chi connectivity index (χ3v) is 12.9. The van der Waals surface area contributed by atoms with Crippen LogP contribution in [0.25, 0.3) is 0 Å². The zero-order valence-electron chi connectivity index (χ0n) is 41.8. The highest BCUT2D eigenvalue weighted by atomic mass is 32.2. The Kier molecular flexibility index (Phi) is 41.7. The number of ether oxygens (including phenoxy) is 2. The summed E-state index contributed by atoms with van der Waals surface area (Å²) in [6, 6.07) is -4.10. The number of carboxylic acids is 2. The van der Waals surface area contributed by atoms with E-state index >= 15 is 0 Å².